The first kappa shape index (κ1) is 12.3. The van der Waals surface area contributed by atoms with E-state index in [4.69, 9.17) is 11.6 Å². The molecule has 0 fully saturated rings. The Morgan fingerprint density at radius 3 is 3.00 bits per heavy atom. The van der Waals surface area contributed by atoms with Crippen LogP contribution in [0, 0.1) is 0 Å². The van der Waals surface area contributed by atoms with E-state index in [1.807, 2.05) is 18.2 Å². The molecule has 0 amide bonds. The summed E-state index contributed by atoms with van der Waals surface area (Å²) in [4.78, 5) is 19.8. The van der Waals surface area contributed by atoms with Gasteiger partial charge in [0.25, 0.3) is 0 Å². The molecule has 0 aromatic carbocycles. The van der Waals surface area contributed by atoms with Gasteiger partial charge in [-0.15, -0.1) is 0 Å². The number of hydrogen-bond acceptors (Lipinski definition) is 3. The van der Waals surface area contributed by atoms with E-state index in [9.17, 15) is 4.79 Å². The van der Waals surface area contributed by atoms with Gasteiger partial charge in [-0.2, -0.15) is 0 Å². The van der Waals surface area contributed by atoms with Crippen molar-refractivity contribution in [1.82, 2.24) is 14.4 Å². The molecule has 0 saturated carbocycles. The van der Waals surface area contributed by atoms with E-state index < -0.39 is 0 Å². The molecule has 0 bridgehead atoms. The third-order valence-corrected chi connectivity index (χ3v) is 3.47. The van der Waals surface area contributed by atoms with Crippen LogP contribution >= 0.6 is 27.5 Å². The number of rotatable bonds is 2. The second-order valence-corrected chi connectivity index (χ2v) is 5.16. The number of aromatic nitrogens is 3. The van der Waals surface area contributed by atoms with Crippen LogP contribution in [0.1, 0.15) is 10.5 Å². The van der Waals surface area contributed by atoms with Crippen molar-refractivity contribution >= 4 is 39.5 Å². The minimum absolute atomic E-state index is 0.315. The van der Waals surface area contributed by atoms with Gasteiger partial charge in [-0.05, 0) is 34.1 Å². The Morgan fingerprint density at radius 1 is 1.37 bits per heavy atom. The topological polar surface area (TPSA) is 47.3 Å². The van der Waals surface area contributed by atoms with Crippen molar-refractivity contribution in [2.45, 2.75) is 0 Å². The van der Waals surface area contributed by atoms with Gasteiger partial charge in [-0.1, -0.05) is 17.7 Å². The molecular formula is C13H7BrClN3O. The Kier molecular flexibility index (Phi) is 3.08. The fourth-order valence-electron chi connectivity index (χ4n) is 1.91. The molecular weight excluding hydrogens is 330 g/mol. The maximum absolute atomic E-state index is 11.3. The first-order chi connectivity index (χ1) is 9.20. The summed E-state index contributed by atoms with van der Waals surface area (Å²) >= 11 is 9.43. The average molecular weight is 337 g/mol. The predicted molar refractivity (Wildman–Crippen MR) is 76.5 cm³/mol. The zero-order chi connectivity index (χ0) is 13.4. The molecule has 0 aliphatic rings. The smallest absolute Gasteiger partial charge is 0.169 e. The standard InChI is InChI=1S/C13H7BrClN3O/c14-8-5-9(13(15)16-6-8)12-10(7-19)18-4-2-1-3-11(18)17-12/h1-7H. The number of imidazole rings is 1. The lowest BCUT2D eigenvalue weighted by atomic mass is 10.2. The molecule has 3 aromatic heterocycles. The zero-order valence-corrected chi connectivity index (χ0v) is 11.9. The summed E-state index contributed by atoms with van der Waals surface area (Å²) in [5.41, 5.74) is 2.30. The van der Waals surface area contributed by atoms with Crippen molar-refractivity contribution in [2.24, 2.45) is 0 Å². The van der Waals surface area contributed by atoms with E-state index in [-0.39, 0.29) is 0 Å². The van der Waals surface area contributed by atoms with Gasteiger partial charge in [0, 0.05) is 22.4 Å². The van der Waals surface area contributed by atoms with Crippen LogP contribution in [0.3, 0.4) is 0 Å². The van der Waals surface area contributed by atoms with Gasteiger partial charge in [0.15, 0.2) is 6.29 Å². The summed E-state index contributed by atoms with van der Waals surface area (Å²) in [7, 11) is 0. The highest BCUT2D eigenvalue weighted by molar-refractivity contribution is 9.10. The molecule has 3 heterocycles. The van der Waals surface area contributed by atoms with Crippen molar-refractivity contribution in [1.29, 1.82) is 0 Å². The number of halogens is 2. The van der Waals surface area contributed by atoms with Gasteiger partial charge in [-0.3, -0.25) is 9.20 Å². The lowest BCUT2D eigenvalue weighted by Crippen LogP contribution is -1.92. The minimum Gasteiger partial charge on any atom is -0.297 e. The third-order valence-electron chi connectivity index (χ3n) is 2.74. The predicted octanol–water partition coefficient (Wildman–Crippen LogP) is 3.62. The summed E-state index contributed by atoms with van der Waals surface area (Å²) < 4.78 is 2.50. The lowest BCUT2D eigenvalue weighted by molar-refractivity contribution is 0.111. The van der Waals surface area contributed by atoms with Gasteiger partial charge in [0.2, 0.25) is 0 Å². The maximum atomic E-state index is 11.3. The first-order valence-electron chi connectivity index (χ1n) is 5.44. The number of nitrogens with zero attached hydrogens (tertiary/aromatic N) is 3. The van der Waals surface area contributed by atoms with Crippen molar-refractivity contribution < 1.29 is 4.79 Å². The molecule has 19 heavy (non-hydrogen) atoms. The van der Waals surface area contributed by atoms with Crippen molar-refractivity contribution in [3.8, 4) is 11.3 Å². The molecule has 4 nitrogen and oxygen atoms in total. The molecule has 3 rings (SSSR count). The maximum Gasteiger partial charge on any atom is 0.169 e. The van der Waals surface area contributed by atoms with Gasteiger partial charge in [-0.25, -0.2) is 9.97 Å². The molecule has 0 unspecified atom stereocenters. The van der Waals surface area contributed by atoms with Crippen molar-refractivity contribution in [2.75, 3.05) is 0 Å². The molecule has 94 valence electrons. The minimum atomic E-state index is 0.315. The van der Waals surface area contributed by atoms with E-state index >= 15 is 0 Å². The largest absolute Gasteiger partial charge is 0.297 e. The molecule has 0 radical (unpaired) electrons. The SMILES string of the molecule is O=Cc1c(-c2cc(Br)cnc2Cl)nc2ccccn12. The van der Waals surface area contributed by atoms with Crippen LogP contribution in [0.15, 0.2) is 41.1 Å². The molecule has 0 aliphatic carbocycles. The van der Waals surface area contributed by atoms with Crippen LogP contribution in [-0.2, 0) is 0 Å². The van der Waals surface area contributed by atoms with Crippen LogP contribution in [-0.4, -0.2) is 20.7 Å². The zero-order valence-electron chi connectivity index (χ0n) is 9.55. The highest BCUT2D eigenvalue weighted by Gasteiger charge is 2.16. The molecule has 0 spiro atoms. The molecule has 3 aromatic rings. The first-order valence-corrected chi connectivity index (χ1v) is 6.61. The summed E-state index contributed by atoms with van der Waals surface area (Å²) in [5.74, 6) is 0. The summed E-state index contributed by atoms with van der Waals surface area (Å²) in [6, 6.07) is 7.33. The monoisotopic (exact) mass is 335 g/mol. The van der Waals surface area contributed by atoms with E-state index in [0.717, 1.165) is 10.8 Å². The van der Waals surface area contributed by atoms with Gasteiger partial charge in [0.1, 0.15) is 22.2 Å². The number of carbonyl (C=O) groups is 1. The average Bonchev–Trinajstić information content (AvgIpc) is 2.79. The number of hydrogen-bond donors (Lipinski definition) is 0. The van der Waals surface area contributed by atoms with Gasteiger partial charge < -0.3 is 0 Å². The molecule has 0 saturated heterocycles. The molecule has 0 aliphatic heterocycles. The Balaban J connectivity index is 2.36. The van der Waals surface area contributed by atoms with E-state index in [1.165, 1.54) is 0 Å². The molecule has 0 N–H and O–H groups in total. The second-order valence-electron chi connectivity index (χ2n) is 3.88. The van der Waals surface area contributed by atoms with E-state index in [0.29, 0.717) is 27.8 Å². The van der Waals surface area contributed by atoms with E-state index in [1.54, 1.807) is 22.9 Å². The Bertz CT molecular complexity index is 785. The second kappa shape index (κ2) is 4.75. The van der Waals surface area contributed by atoms with Crippen LogP contribution in [0.5, 0.6) is 0 Å². The molecule has 6 heteroatoms. The van der Waals surface area contributed by atoms with Gasteiger partial charge in [0.05, 0.1) is 0 Å². The fraction of sp³-hybridized carbons (Fsp3) is 0. The number of fused-ring (bicyclic) bond motifs is 1. The molecule has 0 atom stereocenters. The third kappa shape index (κ3) is 2.05. The fourth-order valence-corrected chi connectivity index (χ4v) is 2.44. The van der Waals surface area contributed by atoms with Crippen LogP contribution in [0.4, 0.5) is 0 Å². The Labute approximate surface area is 122 Å². The Morgan fingerprint density at radius 2 is 2.21 bits per heavy atom. The summed E-state index contributed by atoms with van der Waals surface area (Å²) in [5, 5.41) is 0.315. The van der Waals surface area contributed by atoms with Crippen LogP contribution in [0.25, 0.3) is 16.9 Å². The van der Waals surface area contributed by atoms with Crippen LogP contribution < -0.4 is 0 Å². The summed E-state index contributed by atoms with van der Waals surface area (Å²) in [6.45, 7) is 0. The van der Waals surface area contributed by atoms with Crippen molar-refractivity contribution in [3.05, 3.63) is 52.0 Å². The number of pyridine rings is 2. The normalized spacial score (nSPS) is 10.8. The van der Waals surface area contributed by atoms with Crippen molar-refractivity contribution in [3.63, 3.8) is 0 Å². The number of carbonyl (C=O) groups excluding carboxylic acids is 1. The van der Waals surface area contributed by atoms with E-state index in [2.05, 4.69) is 25.9 Å². The summed E-state index contributed by atoms with van der Waals surface area (Å²) in [6.07, 6.45) is 4.16. The van der Waals surface area contributed by atoms with Crippen LogP contribution in [0.2, 0.25) is 5.15 Å². The highest BCUT2D eigenvalue weighted by atomic mass is 79.9. The van der Waals surface area contributed by atoms with Gasteiger partial charge >= 0.3 is 0 Å². The lowest BCUT2D eigenvalue weighted by Gasteiger charge is -2.01. The quantitative estimate of drug-likeness (QED) is 0.530. The number of aldehydes is 1. The Hall–Kier alpha value is -1.72. The highest BCUT2D eigenvalue weighted by Crippen LogP contribution is 2.30.